The second kappa shape index (κ2) is 18.2. The molecule has 0 aliphatic heterocycles. The van der Waals surface area contributed by atoms with Crippen molar-refractivity contribution in [2.75, 3.05) is 0 Å². The van der Waals surface area contributed by atoms with E-state index < -0.39 is 42.4 Å². The number of aromatic nitrogens is 6. The Morgan fingerprint density at radius 2 is 1.35 bits per heavy atom. The molecule has 0 radical (unpaired) electrons. The van der Waals surface area contributed by atoms with E-state index in [0.717, 1.165) is 0 Å². The van der Waals surface area contributed by atoms with Gasteiger partial charge >= 0.3 is 24.2 Å². The van der Waals surface area contributed by atoms with Gasteiger partial charge < -0.3 is 4.74 Å². The Balaban J connectivity index is -0.000000372. The van der Waals surface area contributed by atoms with E-state index in [1.807, 2.05) is 5.10 Å². The SMILES string of the molecule is C.C=C(F)F.C=C(F)F.FC(F)=Cc1n[nH]c(F)n1.FOc1n[nH]c(OC=C(F)F)n1. The van der Waals surface area contributed by atoms with E-state index in [1.165, 1.54) is 0 Å². The monoisotopic (exact) mass is 474 g/mol. The molecule has 2 rings (SSSR count). The summed E-state index contributed by atoms with van der Waals surface area (Å²) >= 11 is 0. The summed E-state index contributed by atoms with van der Waals surface area (Å²) in [5.74, 6) is -0.363. The number of nitrogens with zero attached hydrogens (tertiary/aromatic N) is 4. The lowest BCUT2D eigenvalue weighted by molar-refractivity contribution is -0.0175. The lowest BCUT2D eigenvalue weighted by Crippen LogP contribution is -1.84. The van der Waals surface area contributed by atoms with Gasteiger partial charge in [-0.25, -0.2) is 15.1 Å². The second-order valence-corrected chi connectivity index (χ2v) is 3.62. The lowest BCUT2D eigenvalue weighted by Gasteiger charge is -1.88. The molecule has 2 heterocycles. The fourth-order valence-corrected chi connectivity index (χ4v) is 0.836. The number of ether oxygens (including phenoxy) is 1. The maximum absolute atomic E-state index is 11.9. The summed E-state index contributed by atoms with van der Waals surface area (Å²) in [5, 5.41) is 9.92. The third kappa shape index (κ3) is 24.1. The van der Waals surface area contributed by atoms with Crippen LogP contribution >= 0.6 is 0 Å². The Morgan fingerprint density at radius 3 is 1.68 bits per heavy atom. The van der Waals surface area contributed by atoms with Gasteiger partial charge in [-0.3, -0.25) is 0 Å². The number of halogens is 10. The topological polar surface area (TPSA) is 102 Å². The second-order valence-electron chi connectivity index (χ2n) is 3.62. The van der Waals surface area contributed by atoms with Crippen LogP contribution in [0.1, 0.15) is 13.3 Å². The average Bonchev–Trinajstić information content (AvgIpc) is 3.20. The molecule has 0 unspecified atom stereocenters. The number of aromatic amines is 2. The zero-order valence-electron chi connectivity index (χ0n) is 14.0. The van der Waals surface area contributed by atoms with Crippen molar-refractivity contribution in [2.45, 2.75) is 7.43 Å². The molecule has 0 fully saturated rings. The van der Waals surface area contributed by atoms with Crippen LogP contribution in [0, 0.1) is 6.08 Å². The maximum Gasteiger partial charge on any atom is 0.381 e. The van der Waals surface area contributed by atoms with Gasteiger partial charge in [-0.2, -0.15) is 49.6 Å². The molecule has 2 aromatic heterocycles. The van der Waals surface area contributed by atoms with E-state index in [1.54, 1.807) is 5.10 Å². The van der Waals surface area contributed by atoms with Crippen molar-refractivity contribution in [3.05, 3.63) is 55.6 Å². The van der Waals surface area contributed by atoms with Crippen molar-refractivity contribution in [2.24, 2.45) is 0 Å². The third-order valence-corrected chi connectivity index (χ3v) is 1.49. The largest absolute Gasteiger partial charge is 0.427 e. The van der Waals surface area contributed by atoms with Crippen molar-refractivity contribution in [1.29, 1.82) is 0 Å². The molecule has 0 amide bonds. The maximum atomic E-state index is 11.9. The van der Waals surface area contributed by atoms with E-state index in [2.05, 4.69) is 43.0 Å². The first-order valence-corrected chi connectivity index (χ1v) is 6.36. The number of hydrogen-bond donors (Lipinski definition) is 2. The van der Waals surface area contributed by atoms with Gasteiger partial charge in [0.15, 0.2) is 12.1 Å². The summed E-state index contributed by atoms with van der Waals surface area (Å²) < 4.78 is 113. The Hall–Kier alpha value is -3.86. The van der Waals surface area contributed by atoms with Crippen LogP contribution in [0.3, 0.4) is 0 Å². The highest BCUT2D eigenvalue weighted by molar-refractivity contribution is 5.38. The molecule has 0 aliphatic rings. The molecule has 0 aromatic carbocycles. The first kappa shape index (κ1) is 31.8. The minimum atomic E-state index is -2.05. The number of rotatable bonds is 4. The molecular formula is C13H12F10N6O2. The molecule has 0 bridgehead atoms. The van der Waals surface area contributed by atoms with Gasteiger partial charge in [0.2, 0.25) is 0 Å². The Bertz CT molecular complexity index is 810. The summed E-state index contributed by atoms with van der Waals surface area (Å²) in [5.41, 5.74) is 0. The van der Waals surface area contributed by atoms with Crippen LogP contribution in [0.5, 0.6) is 12.0 Å². The highest BCUT2D eigenvalue weighted by Gasteiger charge is 2.04. The molecule has 8 nitrogen and oxygen atoms in total. The number of hydrogen-bond acceptors (Lipinski definition) is 6. The summed E-state index contributed by atoms with van der Waals surface area (Å²) in [4.78, 5) is 9.16. The molecule has 18 heteroatoms. The average molecular weight is 474 g/mol. The van der Waals surface area contributed by atoms with Crippen molar-refractivity contribution in [3.8, 4) is 12.0 Å². The first-order valence-electron chi connectivity index (χ1n) is 6.36. The van der Waals surface area contributed by atoms with Crippen molar-refractivity contribution < 1.29 is 53.7 Å². The van der Waals surface area contributed by atoms with Crippen LogP contribution in [-0.2, 0) is 0 Å². The summed E-state index contributed by atoms with van der Waals surface area (Å²) in [6.45, 7) is 4.44. The fourth-order valence-electron chi connectivity index (χ4n) is 0.836. The highest BCUT2D eigenvalue weighted by Crippen LogP contribution is 2.09. The Kier molecular flexibility index (Phi) is 18.7. The number of H-pyrrole nitrogens is 2. The van der Waals surface area contributed by atoms with Gasteiger partial charge in [0.05, 0.1) is 6.08 Å². The molecule has 0 atom stereocenters. The van der Waals surface area contributed by atoms with Gasteiger partial charge in [-0.1, -0.05) is 7.43 Å². The molecule has 2 aromatic rings. The van der Waals surface area contributed by atoms with Crippen molar-refractivity contribution in [3.63, 3.8) is 0 Å². The standard InChI is InChI=1S/C4H2F3N3O2.C4H2F3N3.2C2H2F2.CH4/c5-2(6)1-11-3-8-4(12-7)10-9-3;5-2(6)1-3-8-4(7)10-9-3;2*1-2(3)4;/h1H,(H,8,9,10);1H,(H,8,9,10);2*1H2;1H4. The highest BCUT2D eigenvalue weighted by atomic mass is 19.3. The third-order valence-electron chi connectivity index (χ3n) is 1.49. The normalized spacial score (nSPS) is 8.32. The molecule has 31 heavy (non-hydrogen) atoms. The number of nitrogens with one attached hydrogen (secondary N) is 2. The van der Waals surface area contributed by atoms with Crippen molar-refractivity contribution >= 4 is 6.08 Å². The fraction of sp³-hybridized carbons (Fsp3) is 0.0769. The predicted molar refractivity (Wildman–Crippen MR) is 85.0 cm³/mol. The summed E-state index contributed by atoms with van der Waals surface area (Å²) in [6.07, 6.45) is -8.16. The predicted octanol–water partition coefficient (Wildman–Crippen LogP) is 5.80. The van der Waals surface area contributed by atoms with E-state index in [0.29, 0.717) is 6.08 Å². The molecule has 0 spiro atoms. The molecule has 0 aliphatic carbocycles. The summed E-state index contributed by atoms with van der Waals surface area (Å²) in [7, 11) is 0. The molecule has 2 N–H and O–H groups in total. The van der Waals surface area contributed by atoms with Crippen LogP contribution < -0.4 is 9.68 Å². The van der Waals surface area contributed by atoms with Crippen LogP contribution in [0.4, 0.5) is 44.0 Å². The Morgan fingerprint density at radius 1 is 0.839 bits per heavy atom. The van der Waals surface area contributed by atoms with Crippen molar-refractivity contribution in [1.82, 2.24) is 30.4 Å². The minimum absolute atomic E-state index is 0. The van der Waals surface area contributed by atoms with E-state index in [4.69, 9.17) is 0 Å². The smallest absolute Gasteiger partial charge is 0.381 e. The van der Waals surface area contributed by atoms with Gasteiger partial charge in [-0.15, -0.1) is 10.1 Å². The van der Waals surface area contributed by atoms with Crippen LogP contribution in [-0.4, -0.2) is 30.4 Å². The van der Waals surface area contributed by atoms with E-state index in [9.17, 15) is 44.0 Å². The van der Waals surface area contributed by atoms with E-state index >= 15 is 0 Å². The van der Waals surface area contributed by atoms with Crippen LogP contribution in [0.15, 0.2) is 43.7 Å². The Labute approximate surface area is 166 Å². The van der Waals surface area contributed by atoms with E-state index in [-0.39, 0.29) is 19.5 Å². The quantitative estimate of drug-likeness (QED) is 0.430. The minimum Gasteiger partial charge on any atom is -0.427 e. The lowest BCUT2D eigenvalue weighted by atomic mass is 10.6. The summed E-state index contributed by atoms with van der Waals surface area (Å²) in [6, 6.07) is -1.03. The van der Waals surface area contributed by atoms with Gasteiger partial charge in [0.25, 0.3) is 18.2 Å². The van der Waals surface area contributed by atoms with Gasteiger partial charge in [0.1, 0.15) is 0 Å². The van der Waals surface area contributed by atoms with Crippen LogP contribution in [0.25, 0.3) is 6.08 Å². The molecule has 176 valence electrons. The van der Waals surface area contributed by atoms with Gasteiger partial charge in [0, 0.05) is 4.53 Å². The first-order chi connectivity index (χ1) is 13.9. The zero-order valence-corrected chi connectivity index (χ0v) is 14.0. The van der Waals surface area contributed by atoms with Gasteiger partial charge in [-0.05, 0) is 13.2 Å². The zero-order chi connectivity index (χ0) is 23.7. The molecule has 0 saturated heterocycles. The van der Waals surface area contributed by atoms with Crippen LogP contribution in [0.2, 0.25) is 0 Å². The molecule has 0 saturated carbocycles. The molecular weight excluding hydrogens is 462 g/mol.